The molecule has 0 aromatic carbocycles. The Morgan fingerprint density at radius 2 is 2.24 bits per heavy atom. The van der Waals surface area contributed by atoms with E-state index in [1.54, 1.807) is 0 Å². The summed E-state index contributed by atoms with van der Waals surface area (Å²) < 4.78 is 0. The molecule has 6 N–H and O–H groups in total. The van der Waals surface area contributed by atoms with Gasteiger partial charge in [0.15, 0.2) is 0 Å². The predicted octanol–water partition coefficient (Wildman–Crippen LogP) is -0.686. The minimum absolute atomic E-state index is 0.122. The van der Waals surface area contributed by atoms with Gasteiger partial charge in [-0.15, -0.1) is 0 Å². The van der Waals surface area contributed by atoms with Crippen molar-refractivity contribution in [1.82, 2.24) is 26.6 Å². The molecule has 1 fully saturated rings. The van der Waals surface area contributed by atoms with Crippen LogP contribution in [0.2, 0.25) is 0 Å². The second-order valence-electron chi connectivity index (χ2n) is 4.27. The van der Waals surface area contributed by atoms with E-state index in [9.17, 15) is 0 Å². The van der Waals surface area contributed by atoms with Crippen LogP contribution in [0.4, 0.5) is 0 Å². The number of hydrogen-bond donors (Lipinski definition) is 5. The van der Waals surface area contributed by atoms with Crippen LogP contribution in [0.1, 0.15) is 19.8 Å². The quantitative estimate of drug-likeness (QED) is 0.422. The van der Waals surface area contributed by atoms with Gasteiger partial charge in [-0.1, -0.05) is 13.3 Å². The van der Waals surface area contributed by atoms with Crippen molar-refractivity contribution in [3.05, 3.63) is 23.7 Å². The molecule has 0 aromatic heterocycles. The van der Waals surface area contributed by atoms with Gasteiger partial charge in [0.2, 0.25) is 0 Å². The fourth-order valence-corrected chi connectivity index (χ4v) is 2.00. The maximum absolute atomic E-state index is 5.66. The summed E-state index contributed by atoms with van der Waals surface area (Å²) in [6, 6.07) is 0. The van der Waals surface area contributed by atoms with Crippen LogP contribution >= 0.6 is 0 Å². The van der Waals surface area contributed by atoms with E-state index in [1.165, 1.54) is 12.8 Å². The number of hydrazine groups is 2. The van der Waals surface area contributed by atoms with Gasteiger partial charge in [0.1, 0.15) is 12.0 Å². The minimum atomic E-state index is 0.122. The summed E-state index contributed by atoms with van der Waals surface area (Å²) in [6.45, 7) is 4.81. The van der Waals surface area contributed by atoms with Gasteiger partial charge < -0.3 is 21.4 Å². The Morgan fingerprint density at radius 3 is 3.00 bits per heavy atom. The first kappa shape index (κ1) is 12.2. The van der Waals surface area contributed by atoms with Crippen LogP contribution in [-0.2, 0) is 0 Å². The summed E-state index contributed by atoms with van der Waals surface area (Å²) in [4.78, 5) is 2.30. The zero-order chi connectivity index (χ0) is 12.1. The van der Waals surface area contributed by atoms with E-state index in [2.05, 4.69) is 45.7 Å². The maximum Gasteiger partial charge on any atom is 0.134 e. The van der Waals surface area contributed by atoms with E-state index in [1.807, 2.05) is 0 Å². The second kappa shape index (κ2) is 5.90. The molecule has 0 bridgehead atoms. The molecule has 0 amide bonds. The first-order valence-electron chi connectivity index (χ1n) is 6.25. The topological polar surface area (TPSA) is 77.4 Å². The zero-order valence-electron chi connectivity index (χ0n) is 10.3. The number of dihydropyridines is 1. The molecule has 1 atom stereocenters. The third-order valence-corrected chi connectivity index (χ3v) is 2.97. The van der Waals surface area contributed by atoms with Gasteiger partial charge in [0.05, 0.1) is 5.70 Å². The van der Waals surface area contributed by atoms with E-state index in [0.29, 0.717) is 6.54 Å². The minimum Gasteiger partial charge on any atom is -0.357 e. The van der Waals surface area contributed by atoms with Crippen molar-refractivity contribution >= 4 is 0 Å². The summed E-state index contributed by atoms with van der Waals surface area (Å²) in [5.74, 6) is 1.13. The largest absolute Gasteiger partial charge is 0.357 e. The molecule has 2 aliphatic heterocycles. The van der Waals surface area contributed by atoms with E-state index < -0.39 is 0 Å². The number of nitrogens with zero attached hydrogens (tertiary/aromatic N) is 1. The molecule has 0 aromatic rings. The molecule has 1 unspecified atom stereocenters. The Bertz CT molecular complexity index is 311. The Labute approximate surface area is 102 Å². The predicted molar refractivity (Wildman–Crippen MR) is 68.0 cm³/mol. The highest BCUT2D eigenvalue weighted by Crippen LogP contribution is 2.12. The molecule has 6 heteroatoms. The third kappa shape index (κ3) is 2.91. The van der Waals surface area contributed by atoms with Crippen LogP contribution < -0.4 is 27.4 Å². The lowest BCUT2D eigenvalue weighted by atomic mass is 10.2. The fourth-order valence-electron chi connectivity index (χ4n) is 2.00. The van der Waals surface area contributed by atoms with E-state index in [-0.39, 0.29) is 6.17 Å². The summed E-state index contributed by atoms with van der Waals surface area (Å²) in [5.41, 5.74) is 15.8. The molecule has 0 saturated carbocycles. The van der Waals surface area contributed by atoms with Crippen LogP contribution in [0.3, 0.4) is 0 Å². The Balaban J connectivity index is 1.99. The van der Waals surface area contributed by atoms with E-state index >= 15 is 0 Å². The van der Waals surface area contributed by atoms with Gasteiger partial charge in [-0.3, -0.25) is 0 Å². The van der Waals surface area contributed by atoms with Crippen LogP contribution in [0.5, 0.6) is 0 Å². The van der Waals surface area contributed by atoms with Crippen LogP contribution in [0, 0.1) is 0 Å². The number of rotatable bonds is 6. The molecule has 2 aliphatic rings. The highest BCUT2D eigenvalue weighted by atomic mass is 15.7. The highest BCUT2D eigenvalue weighted by Gasteiger charge is 2.24. The van der Waals surface area contributed by atoms with Gasteiger partial charge in [0.25, 0.3) is 0 Å². The molecule has 2 rings (SSSR count). The number of unbranched alkanes of at least 4 members (excludes halogenated alkanes) is 1. The zero-order valence-corrected chi connectivity index (χ0v) is 10.3. The highest BCUT2D eigenvalue weighted by molar-refractivity contribution is 5.26. The molecule has 0 aliphatic carbocycles. The van der Waals surface area contributed by atoms with Crippen molar-refractivity contribution in [2.75, 3.05) is 19.6 Å². The number of fused-ring (bicyclic) bond motifs is 1. The third-order valence-electron chi connectivity index (χ3n) is 2.97. The summed E-state index contributed by atoms with van der Waals surface area (Å²) in [5, 5.41) is 3.44. The van der Waals surface area contributed by atoms with Crippen LogP contribution in [-0.4, -0.2) is 30.7 Å². The average Bonchev–Trinajstić information content (AvgIpc) is 2.81. The molecule has 96 valence electrons. The molecule has 0 radical (unpaired) electrons. The van der Waals surface area contributed by atoms with E-state index in [4.69, 9.17) is 5.73 Å². The lowest BCUT2D eigenvalue weighted by Crippen LogP contribution is -2.47. The number of hydrogen-bond acceptors (Lipinski definition) is 6. The maximum atomic E-state index is 5.66. The Kier molecular flexibility index (Phi) is 4.24. The molecular formula is C11H22N6. The monoisotopic (exact) mass is 238 g/mol. The molecule has 0 spiro atoms. The summed E-state index contributed by atoms with van der Waals surface area (Å²) >= 11 is 0. The molecule has 6 nitrogen and oxygen atoms in total. The normalized spacial score (nSPS) is 22.1. The van der Waals surface area contributed by atoms with Crippen molar-refractivity contribution in [3.8, 4) is 0 Å². The average molecular weight is 238 g/mol. The Hall–Kier alpha value is -1.24. The number of nitrogens with two attached hydrogens (primary N) is 1. The van der Waals surface area contributed by atoms with Gasteiger partial charge in [-0.05, 0) is 18.6 Å². The van der Waals surface area contributed by atoms with Crippen molar-refractivity contribution in [2.45, 2.75) is 25.9 Å². The second-order valence-corrected chi connectivity index (χ2v) is 4.27. The van der Waals surface area contributed by atoms with Gasteiger partial charge in [-0.2, -0.15) is 5.53 Å². The van der Waals surface area contributed by atoms with Gasteiger partial charge in [-0.25, -0.2) is 5.43 Å². The first-order chi connectivity index (χ1) is 8.35. The van der Waals surface area contributed by atoms with Crippen molar-refractivity contribution < 1.29 is 0 Å². The van der Waals surface area contributed by atoms with Crippen molar-refractivity contribution in [3.63, 3.8) is 0 Å². The molecule has 17 heavy (non-hydrogen) atoms. The summed E-state index contributed by atoms with van der Waals surface area (Å²) in [6.07, 6.45) is 6.68. The molecule has 1 saturated heterocycles. The van der Waals surface area contributed by atoms with Gasteiger partial charge >= 0.3 is 0 Å². The van der Waals surface area contributed by atoms with Crippen molar-refractivity contribution in [1.29, 1.82) is 0 Å². The number of nitrogens with one attached hydrogen (secondary N) is 4. The standard InChI is InChI=1S/C11H22N6/c1-2-3-7-17(8-6-12)10-5-4-9-11(13-10)15-16-14-9/h4-5,11,13-16H,2-3,6-8,12H2,1H3. The van der Waals surface area contributed by atoms with Crippen molar-refractivity contribution in [2.24, 2.45) is 5.73 Å². The number of allylic oxidation sites excluding steroid dienone is 2. The van der Waals surface area contributed by atoms with Crippen LogP contribution in [0.15, 0.2) is 23.7 Å². The smallest absolute Gasteiger partial charge is 0.134 e. The molecule has 2 heterocycles. The van der Waals surface area contributed by atoms with Crippen LogP contribution in [0.25, 0.3) is 0 Å². The SMILES string of the molecule is CCCCN(CCN)C1=CC=C2NNNC2N1. The lowest BCUT2D eigenvalue weighted by Gasteiger charge is -2.31. The Morgan fingerprint density at radius 1 is 1.35 bits per heavy atom. The fraction of sp³-hybridized carbons (Fsp3) is 0.636. The molecular weight excluding hydrogens is 216 g/mol. The lowest BCUT2D eigenvalue weighted by molar-refractivity contribution is 0.306. The van der Waals surface area contributed by atoms with Gasteiger partial charge in [0, 0.05) is 19.6 Å². The summed E-state index contributed by atoms with van der Waals surface area (Å²) in [7, 11) is 0. The van der Waals surface area contributed by atoms with E-state index in [0.717, 1.165) is 24.6 Å². The first-order valence-corrected chi connectivity index (χ1v) is 6.25.